The molecule has 0 aromatic carbocycles. The van der Waals surface area contributed by atoms with Crippen LogP contribution in [0.15, 0.2) is 0 Å². The highest BCUT2D eigenvalue weighted by atomic mass is 35.6. The van der Waals surface area contributed by atoms with Gasteiger partial charge in [0.15, 0.2) is 3.79 Å². The van der Waals surface area contributed by atoms with E-state index in [1.165, 1.54) is 14.2 Å². The zero-order chi connectivity index (χ0) is 9.83. The zero-order valence-electron chi connectivity index (χ0n) is 6.42. The lowest BCUT2D eigenvalue weighted by Crippen LogP contribution is -2.05. The highest BCUT2D eigenvalue weighted by Crippen LogP contribution is 2.60. The van der Waals surface area contributed by atoms with Gasteiger partial charge in [0.05, 0.1) is 5.75 Å². The van der Waals surface area contributed by atoms with Gasteiger partial charge in [0.2, 0.25) is 0 Å². The molecule has 0 saturated heterocycles. The van der Waals surface area contributed by atoms with Gasteiger partial charge in [-0.25, -0.2) is 4.57 Å². The van der Waals surface area contributed by atoms with Crippen LogP contribution in [-0.4, -0.2) is 23.8 Å². The van der Waals surface area contributed by atoms with Gasteiger partial charge in [-0.2, -0.15) is 0 Å². The summed E-state index contributed by atoms with van der Waals surface area (Å²) in [7, 11) is 2.55. The molecule has 0 rings (SSSR count). The monoisotopic (exact) mass is 272 g/mol. The Morgan fingerprint density at radius 3 is 2.00 bits per heavy atom. The first-order chi connectivity index (χ1) is 5.33. The molecule has 0 amide bonds. The fraction of sp³-hybridized carbons (Fsp3) is 1.00. The third kappa shape index (κ3) is 5.92. The van der Waals surface area contributed by atoms with E-state index in [1.807, 2.05) is 0 Å². The molecule has 0 aliphatic heterocycles. The lowest BCUT2D eigenvalue weighted by atomic mass is 10.9. The van der Waals surface area contributed by atoms with E-state index in [-0.39, 0.29) is 5.75 Å². The predicted octanol–water partition coefficient (Wildman–Crippen LogP) is 3.49. The van der Waals surface area contributed by atoms with Gasteiger partial charge in [0.1, 0.15) is 0 Å². The third-order valence-corrected chi connectivity index (χ3v) is 5.71. The largest absolute Gasteiger partial charge is 0.388 e. The highest BCUT2D eigenvalue weighted by Gasteiger charge is 2.29. The minimum Gasteiger partial charge on any atom is -0.304 e. The van der Waals surface area contributed by atoms with E-state index < -0.39 is 10.6 Å². The molecule has 0 aromatic rings. The summed E-state index contributed by atoms with van der Waals surface area (Å²) in [6.07, 6.45) is 0. The molecule has 0 aliphatic carbocycles. The minimum atomic E-state index is -3.11. The van der Waals surface area contributed by atoms with E-state index in [2.05, 4.69) is 9.05 Å². The maximum atomic E-state index is 11.3. The molecule has 0 N–H and O–H groups in total. The zero-order valence-corrected chi connectivity index (χ0v) is 10.4. The van der Waals surface area contributed by atoms with Crippen molar-refractivity contribution in [2.24, 2.45) is 0 Å². The van der Waals surface area contributed by atoms with Gasteiger partial charge in [-0.1, -0.05) is 34.8 Å². The third-order valence-electron chi connectivity index (χ3n) is 0.834. The summed E-state index contributed by atoms with van der Waals surface area (Å²) in [5.74, 6) is 0.0522. The molecule has 8 heteroatoms. The fourth-order valence-electron chi connectivity index (χ4n) is 0.332. The molecule has 0 saturated carbocycles. The lowest BCUT2D eigenvalue weighted by Gasteiger charge is -2.15. The summed E-state index contributed by atoms with van der Waals surface area (Å²) < 4.78 is 19.1. The van der Waals surface area contributed by atoms with E-state index in [4.69, 9.17) is 34.8 Å². The summed E-state index contributed by atoms with van der Waals surface area (Å²) in [5.41, 5.74) is 0. The number of hydrogen-bond donors (Lipinski definition) is 0. The van der Waals surface area contributed by atoms with Gasteiger partial charge in [-0.15, -0.1) is 0 Å². The van der Waals surface area contributed by atoms with Gasteiger partial charge in [0, 0.05) is 14.2 Å². The van der Waals surface area contributed by atoms with Crippen molar-refractivity contribution in [3.63, 3.8) is 0 Å². The van der Waals surface area contributed by atoms with E-state index in [0.29, 0.717) is 0 Å². The van der Waals surface area contributed by atoms with Gasteiger partial charge in [0.25, 0.3) is 0 Å². The summed E-state index contributed by atoms with van der Waals surface area (Å²) in [5, 5.41) is 0. The molecule has 0 radical (unpaired) electrons. The Balaban J connectivity index is 3.99. The molecule has 0 atom stereocenters. The van der Waals surface area contributed by atoms with Crippen LogP contribution >= 0.6 is 53.0 Å². The van der Waals surface area contributed by atoms with E-state index in [1.54, 1.807) is 0 Å². The number of rotatable bonds is 4. The van der Waals surface area contributed by atoms with Crippen molar-refractivity contribution in [2.75, 3.05) is 20.0 Å². The minimum absolute atomic E-state index is 0.0522. The Kier molecular flexibility index (Phi) is 5.91. The molecule has 0 spiro atoms. The number of hydrogen-bond acceptors (Lipinski definition) is 4. The van der Waals surface area contributed by atoms with Crippen LogP contribution in [0.4, 0.5) is 0 Å². The second-order valence-electron chi connectivity index (χ2n) is 1.70. The van der Waals surface area contributed by atoms with Crippen LogP contribution in [0.2, 0.25) is 0 Å². The molecule has 0 fully saturated rings. The first-order valence-corrected chi connectivity index (χ1v) is 7.02. The second-order valence-corrected chi connectivity index (χ2v) is 8.50. The molecule has 12 heavy (non-hydrogen) atoms. The maximum Gasteiger partial charge on any atom is 0.388 e. The SMILES string of the molecule is COP(=O)(OC)SCC(Cl)(Cl)Cl. The summed E-state index contributed by atoms with van der Waals surface area (Å²) in [6.45, 7) is -3.11. The summed E-state index contributed by atoms with van der Waals surface area (Å²) in [6, 6.07) is 0. The van der Waals surface area contributed by atoms with Gasteiger partial charge in [-0.05, 0) is 11.4 Å². The first kappa shape index (κ1) is 13.4. The van der Waals surface area contributed by atoms with Crippen molar-refractivity contribution in [1.82, 2.24) is 0 Å². The Hall–Kier alpha value is 1.37. The molecule has 74 valence electrons. The molecule has 0 bridgehead atoms. The van der Waals surface area contributed by atoms with E-state index in [9.17, 15) is 4.57 Å². The maximum absolute atomic E-state index is 11.3. The number of halogens is 3. The molecular formula is C4H8Cl3O3PS. The van der Waals surface area contributed by atoms with Crippen LogP contribution in [0, 0.1) is 0 Å². The van der Waals surface area contributed by atoms with Crippen molar-refractivity contribution < 1.29 is 13.6 Å². The van der Waals surface area contributed by atoms with E-state index >= 15 is 0 Å². The molecule has 0 heterocycles. The molecular weight excluding hydrogens is 265 g/mol. The Labute approximate surface area is 90.3 Å². The van der Waals surface area contributed by atoms with Crippen LogP contribution in [0.3, 0.4) is 0 Å². The van der Waals surface area contributed by atoms with Crippen LogP contribution in [0.1, 0.15) is 0 Å². The van der Waals surface area contributed by atoms with Crippen LogP contribution in [0.25, 0.3) is 0 Å². The molecule has 0 unspecified atom stereocenters. The quantitative estimate of drug-likeness (QED) is 0.580. The van der Waals surface area contributed by atoms with Gasteiger partial charge in [-0.3, -0.25) is 0 Å². The van der Waals surface area contributed by atoms with Gasteiger partial charge < -0.3 is 9.05 Å². The second kappa shape index (κ2) is 5.30. The number of alkyl halides is 3. The molecule has 3 nitrogen and oxygen atoms in total. The topological polar surface area (TPSA) is 35.5 Å². The van der Waals surface area contributed by atoms with Gasteiger partial charge >= 0.3 is 6.80 Å². The predicted molar refractivity (Wildman–Crippen MR) is 54.4 cm³/mol. The lowest BCUT2D eigenvalue weighted by molar-refractivity contribution is 0.295. The smallest absolute Gasteiger partial charge is 0.304 e. The average Bonchev–Trinajstić information content (AvgIpc) is 1.99. The standard InChI is InChI=1S/C4H8Cl3O3PS/c1-9-11(8,10-2)12-3-4(5,6)7/h3H2,1-2H3. The Bertz CT molecular complexity index is 175. The summed E-state index contributed by atoms with van der Waals surface area (Å²) in [4.78, 5) is 0. The van der Waals surface area contributed by atoms with Crippen molar-refractivity contribution in [3.8, 4) is 0 Å². The molecule has 0 aromatic heterocycles. The summed E-state index contributed by atoms with van der Waals surface area (Å²) >= 11 is 17.1. The van der Waals surface area contributed by atoms with Crippen LogP contribution in [0.5, 0.6) is 0 Å². The Morgan fingerprint density at radius 1 is 1.33 bits per heavy atom. The van der Waals surface area contributed by atoms with Crippen LogP contribution < -0.4 is 0 Å². The van der Waals surface area contributed by atoms with Crippen molar-refractivity contribution in [1.29, 1.82) is 0 Å². The fourth-order valence-corrected chi connectivity index (χ4v) is 3.86. The average molecular weight is 274 g/mol. The van der Waals surface area contributed by atoms with Crippen molar-refractivity contribution in [3.05, 3.63) is 0 Å². The highest BCUT2D eigenvalue weighted by molar-refractivity contribution is 8.55. The van der Waals surface area contributed by atoms with Crippen molar-refractivity contribution >= 4 is 53.0 Å². The van der Waals surface area contributed by atoms with Crippen LogP contribution in [-0.2, 0) is 13.6 Å². The molecule has 0 aliphatic rings. The normalized spacial score (nSPS) is 13.4. The van der Waals surface area contributed by atoms with Crippen molar-refractivity contribution in [2.45, 2.75) is 3.79 Å². The Morgan fingerprint density at radius 2 is 1.75 bits per heavy atom. The van der Waals surface area contributed by atoms with E-state index in [0.717, 1.165) is 11.4 Å². The first-order valence-electron chi connectivity index (χ1n) is 2.76.